The first kappa shape index (κ1) is 16.1. The molecule has 1 aromatic heterocycles. The van der Waals surface area contributed by atoms with Gasteiger partial charge in [0.25, 0.3) is 0 Å². The molecule has 0 aliphatic rings. The fourth-order valence-electron chi connectivity index (χ4n) is 2.51. The number of carbonyl (C=O) groups excluding carboxylic acids is 1. The van der Waals surface area contributed by atoms with E-state index in [4.69, 9.17) is 0 Å². The molecule has 0 atom stereocenters. The van der Waals surface area contributed by atoms with Gasteiger partial charge in [0.1, 0.15) is 0 Å². The molecule has 5 heteroatoms. The summed E-state index contributed by atoms with van der Waals surface area (Å²) in [5.41, 5.74) is 4.63. The Bertz CT molecular complexity index is 619. The molecule has 0 unspecified atom stereocenters. The smallest absolute Gasteiger partial charge is 0.314 e. The van der Waals surface area contributed by atoms with Crippen LogP contribution in [0.5, 0.6) is 0 Å². The maximum Gasteiger partial charge on any atom is 0.314 e. The standard InChI is InChI=1S/C17H24N4O/c1-13-16(14(2)21(3)20-13)10-12-19-17(22)18-11-9-15-7-5-4-6-8-15/h4-8H,9-12H2,1-3H3,(H2,18,19,22). The number of aryl methyl sites for hydroxylation is 2. The monoisotopic (exact) mass is 300 g/mol. The lowest BCUT2D eigenvalue weighted by molar-refractivity contribution is 0.241. The minimum absolute atomic E-state index is 0.116. The van der Waals surface area contributed by atoms with Crippen LogP contribution < -0.4 is 10.6 Å². The van der Waals surface area contributed by atoms with Gasteiger partial charge in [0.15, 0.2) is 0 Å². The van der Waals surface area contributed by atoms with E-state index in [0.717, 1.165) is 24.2 Å². The molecule has 2 N–H and O–H groups in total. The van der Waals surface area contributed by atoms with Crippen molar-refractivity contribution >= 4 is 6.03 Å². The molecule has 1 heterocycles. The van der Waals surface area contributed by atoms with Gasteiger partial charge in [-0.3, -0.25) is 4.68 Å². The molecule has 0 aliphatic heterocycles. The number of carbonyl (C=O) groups is 1. The topological polar surface area (TPSA) is 59.0 Å². The Hall–Kier alpha value is -2.30. The van der Waals surface area contributed by atoms with Gasteiger partial charge in [0.05, 0.1) is 5.69 Å². The summed E-state index contributed by atoms with van der Waals surface area (Å²) >= 11 is 0. The average molecular weight is 300 g/mol. The molecule has 2 aromatic rings. The van der Waals surface area contributed by atoms with Gasteiger partial charge in [-0.15, -0.1) is 0 Å². The van der Waals surface area contributed by atoms with E-state index < -0.39 is 0 Å². The molecule has 22 heavy (non-hydrogen) atoms. The number of nitrogens with zero attached hydrogens (tertiary/aromatic N) is 2. The Morgan fingerprint density at radius 1 is 1.09 bits per heavy atom. The Morgan fingerprint density at radius 2 is 1.73 bits per heavy atom. The van der Waals surface area contributed by atoms with E-state index in [0.29, 0.717) is 13.1 Å². The molecule has 0 bridgehead atoms. The van der Waals surface area contributed by atoms with Gasteiger partial charge < -0.3 is 10.6 Å². The molecule has 5 nitrogen and oxygen atoms in total. The number of hydrogen-bond donors (Lipinski definition) is 2. The SMILES string of the molecule is Cc1nn(C)c(C)c1CCNC(=O)NCCc1ccccc1. The van der Waals surface area contributed by atoms with Crippen molar-refractivity contribution in [3.05, 3.63) is 52.8 Å². The average Bonchev–Trinajstić information content (AvgIpc) is 2.74. The van der Waals surface area contributed by atoms with Crippen LogP contribution in [0, 0.1) is 13.8 Å². The lowest BCUT2D eigenvalue weighted by atomic mass is 10.1. The van der Waals surface area contributed by atoms with E-state index in [-0.39, 0.29) is 6.03 Å². The zero-order chi connectivity index (χ0) is 15.9. The van der Waals surface area contributed by atoms with Gasteiger partial charge in [-0.1, -0.05) is 30.3 Å². The van der Waals surface area contributed by atoms with E-state index in [1.54, 1.807) is 0 Å². The maximum absolute atomic E-state index is 11.8. The van der Waals surface area contributed by atoms with Gasteiger partial charge in [-0.05, 0) is 37.8 Å². The third kappa shape index (κ3) is 4.35. The van der Waals surface area contributed by atoms with Crippen molar-refractivity contribution in [2.75, 3.05) is 13.1 Å². The molecule has 118 valence electrons. The maximum atomic E-state index is 11.8. The molecule has 0 aliphatic carbocycles. The molecule has 0 spiro atoms. The Balaban J connectivity index is 1.68. The summed E-state index contributed by atoms with van der Waals surface area (Å²) in [4.78, 5) is 11.8. The summed E-state index contributed by atoms with van der Waals surface area (Å²) < 4.78 is 1.88. The molecule has 2 amide bonds. The van der Waals surface area contributed by atoms with Gasteiger partial charge in [0.2, 0.25) is 0 Å². The number of aromatic nitrogens is 2. The second kappa shape index (κ2) is 7.64. The minimum Gasteiger partial charge on any atom is -0.338 e. The third-order valence-corrected chi connectivity index (χ3v) is 3.86. The lowest BCUT2D eigenvalue weighted by Gasteiger charge is -2.08. The van der Waals surface area contributed by atoms with Gasteiger partial charge in [0, 0.05) is 25.8 Å². The van der Waals surface area contributed by atoms with Crippen LogP contribution in [0.2, 0.25) is 0 Å². The fraction of sp³-hybridized carbons (Fsp3) is 0.412. The van der Waals surface area contributed by atoms with E-state index >= 15 is 0 Å². The van der Waals surface area contributed by atoms with Crippen LogP contribution >= 0.6 is 0 Å². The highest BCUT2D eigenvalue weighted by atomic mass is 16.2. The largest absolute Gasteiger partial charge is 0.338 e. The van der Waals surface area contributed by atoms with Gasteiger partial charge in [-0.25, -0.2) is 4.79 Å². The van der Waals surface area contributed by atoms with Gasteiger partial charge >= 0.3 is 6.03 Å². The minimum atomic E-state index is -0.116. The summed E-state index contributed by atoms with van der Waals surface area (Å²) in [5.74, 6) is 0. The Morgan fingerprint density at radius 3 is 2.32 bits per heavy atom. The predicted octanol–water partition coefficient (Wildman–Crippen LogP) is 2.12. The molecule has 0 saturated heterocycles. The molecule has 0 saturated carbocycles. The summed E-state index contributed by atoms with van der Waals surface area (Å²) in [6.45, 7) is 5.31. The van der Waals surface area contributed by atoms with Crippen LogP contribution in [-0.2, 0) is 19.9 Å². The number of hydrogen-bond acceptors (Lipinski definition) is 2. The van der Waals surface area contributed by atoms with Crippen molar-refractivity contribution in [1.29, 1.82) is 0 Å². The van der Waals surface area contributed by atoms with Crippen molar-refractivity contribution in [1.82, 2.24) is 20.4 Å². The zero-order valence-electron chi connectivity index (χ0n) is 13.5. The second-order valence-electron chi connectivity index (χ2n) is 5.44. The first-order valence-electron chi connectivity index (χ1n) is 7.62. The number of amides is 2. The fourth-order valence-corrected chi connectivity index (χ4v) is 2.51. The van der Waals surface area contributed by atoms with Crippen molar-refractivity contribution < 1.29 is 4.79 Å². The Labute approximate surface area is 131 Å². The number of nitrogens with one attached hydrogen (secondary N) is 2. The molecule has 0 radical (unpaired) electrons. The van der Waals surface area contributed by atoms with Crippen molar-refractivity contribution in [2.24, 2.45) is 7.05 Å². The summed E-state index contributed by atoms with van der Waals surface area (Å²) in [7, 11) is 1.94. The van der Waals surface area contributed by atoms with Crippen LogP contribution in [0.15, 0.2) is 30.3 Å². The van der Waals surface area contributed by atoms with Crippen molar-refractivity contribution in [2.45, 2.75) is 26.7 Å². The quantitative estimate of drug-likeness (QED) is 0.858. The number of urea groups is 1. The van der Waals surface area contributed by atoms with Crippen LogP contribution in [0.4, 0.5) is 4.79 Å². The van der Waals surface area contributed by atoms with Crippen molar-refractivity contribution in [3.8, 4) is 0 Å². The molecule has 0 fully saturated rings. The Kier molecular flexibility index (Phi) is 5.58. The molecule has 1 aromatic carbocycles. The summed E-state index contributed by atoms with van der Waals surface area (Å²) in [6, 6.07) is 10.0. The van der Waals surface area contributed by atoms with E-state index in [1.165, 1.54) is 11.1 Å². The van der Waals surface area contributed by atoms with Crippen LogP contribution in [0.1, 0.15) is 22.5 Å². The second-order valence-corrected chi connectivity index (χ2v) is 5.44. The first-order chi connectivity index (χ1) is 10.6. The van der Waals surface area contributed by atoms with E-state index in [1.807, 2.05) is 36.9 Å². The van der Waals surface area contributed by atoms with Crippen LogP contribution in [-0.4, -0.2) is 28.9 Å². The third-order valence-electron chi connectivity index (χ3n) is 3.86. The van der Waals surface area contributed by atoms with Crippen molar-refractivity contribution in [3.63, 3.8) is 0 Å². The summed E-state index contributed by atoms with van der Waals surface area (Å²) in [5, 5.41) is 10.2. The number of benzene rings is 1. The highest BCUT2D eigenvalue weighted by molar-refractivity contribution is 5.73. The molecular formula is C17H24N4O. The first-order valence-corrected chi connectivity index (χ1v) is 7.62. The predicted molar refractivity (Wildman–Crippen MR) is 87.9 cm³/mol. The highest BCUT2D eigenvalue weighted by Gasteiger charge is 2.09. The normalized spacial score (nSPS) is 10.5. The highest BCUT2D eigenvalue weighted by Crippen LogP contribution is 2.11. The van der Waals surface area contributed by atoms with Gasteiger partial charge in [-0.2, -0.15) is 5.10 Å². The molecule has 2 rings (SSSR count). The molecular weight excluding hydrogens is 276 g/mol. The summed E-state index contributed by atoms with van der Waals surface area (Å²) in [6.07, 6.45) is 1.65. The van der Waals surface area contributed by atoms with Crippen LogP contribution in [0.25, 0.3) is 0 Å². The lowest BCUT2D eigenvalue weighted by Crippen LogP contribution is -2.37. The van der Waals surface area contributed by atoms with Crippen LogP contribution in [0.3, 0.4) is 0 Å². The number of rotatable bonds is 6. The zero-order valence-corrected chi connectivity index (χ0v) is 13.5. The van der Waals surface area contributed by atoms with E-state index in [2.05, 4.69) is 34.8 Å². The van der Waals surface area contributed by atoms with E-state index in [9.17, 15) is 4.79 Å².